The van der Waals surface area contributed by atoms with Crippen LogP contribution < -0.4 is 10.2 Å². The van der Waals surface area contributed by atoms with Gasteiger partial charge in [-0.3, -0.25) is 0 Å². The molecule has 1 saturated carbocycles. The van der Waals surface area contributed by atoms with Gasteiger partial charge in [-0.15, -0.1) is 5.10 Å². The van der Waals surface area contributed by atoms with Crippen LogP contribution in [0, 0.1) is 0 Å². The Labute approximate surface area is 109 Å². The molecule has 1 aromatic rings. The average Bonchev–Trinajstić information content (AvgIpc) is 2.85. The molecular weight excluding hydrogens is 228 g/mol. The molecule has 0 saturated heterocycles. The maximum Gasteiger partial charge on any atom is 0.318 e. The van der Waals surface area contributed by atoms with E-state index in [2.05, 4.69) is 41.3 Å². The van der Waals surface area contributed by atoms with Crippen LogP contribution in [0.2, 0.25) is 0 Å². The minimum atomic E-state index is 0.427. The molecule has 0 aliphatic heterocycles. The number of anilines is 1. The van der Waals surface area contributed by atoms with E-state index in [0.717, 1.165) is 0 Å². The first-order valence-corrected chi connectivity index (χ1v) is 6.95. The van der Waals surface area contributed by atoms with Crippen LogP contribution in [0.4, 0.5) is 6.01 Å². The van der Waals surface area contributed by atoms with Gasteiger partial charge in [0.05, 0.1) is 6.54 Å². The van der Waals surface area contributed by atoms with Crippen LogP contribution in [0.1, 0.15) is 51.8 Å². The standard InChI is InChI=1S/C13H24N4O/c1-10(2)14-9-12-15-16-13(18-12)17(3)11-7-5-4-6-8-11/h10-11,14H,4-9H2,1-3H3. The average molecular weight is 252 g/mol. The summed E-state index contributed by atoms with van der Waals surface area (Å²) in [5, 5.41) is 11.5. The Bertz CT molecular complexity index is 358. The first-order chi connectivity index (χ1) is 8.66. The molecule has 102 valence electrons. The lowest BCUT2D eigenvalue weighted by molar-refractivity contribution is 0.393. The Morgan fingerprint density at radius 3 is 2.67 bits per heavy atom. The third kappa shape index (κ3) is 3.45. The Morgan fingerprint density at radius 1 is 1.28 bits per heavy atom. The van der Waals surface area contributed by atoms with Crippen molar-refractivity contribution in [1.29, 1.82) is 0 Å². The van der Waals surface area contributed by atoms with Gasteiger partial charge in [-0.25, -0.2) is 0 Å². The van der Waals surface area contributed by atoms with Crippen molar-refractivity contribution in [3.63, 3.8) is 0 Å². The minimum Gasteiger partial charge on any atom is -0.407 e. The molecule has 1 heterocycles. The summed E-state index contributed by atoms with van der Waals surface area (Å²) in [4.78, 5) is 2.14. The zero-order valence-corrected chi connectivity index (χ0v) is 11.6. The van der Waals surface area contributed by atoms with Gasteiger partial charge in [0, 0.05) is 19.1 Å². The monoisotopic (exact) mass is 252 g/mol. The van der Waals surface area contributed by atoms with Gasteiger partial charge in [0.1, 0.15) is 0 Å². The van der Waals surface area contributed by atoms with E-state index in [1.54, 1.807) is 0 Å². The van der Waals surface area contributed by atoms with E-state index in [9.17, 15) is 0 Å². The van der Waals surface area contributed by atoms with E-state index >= 15 is 0 Å². The summed E-state index contributed by atoms with van der Waals surface area (Å²) in [7, 11) is 2.06. The second kappa shape index (κ2) is 6.18. The van der Waals surface area contributed by atoms with Gasteiger partial charge in [0.25, 0.3) is 0 Å². The number of hydrogen-bond donors (Lipinski definition) is 1. The van der Waals surface area contributed by atoms with E-state index in [-0.39, 0.29) is 0 Å². The molecule has 0 atom stereocenters. The highest BCUT2D eigenvalue weighted by molar-refractivity contribution is 5.24. The molecule has 0 aromatic carbocycles. The van der Waals surface area contributed by atoms with Crippen LogP contribution in [-0.2, 0) is 6.54 Å². The number of rotatable bonds is 5. The van der Waals surface area contributed by atoms with Gasteiger partial charge < -0.3 is 14.6 Å². The summed E-state index contributed by atoms with van der Waals surface area (Å²) in [6, 6.07) is 1.64. The maximum atomic E-state index is 5.69. The van der Waals surface area contributed by atoms with Crippen LogP contribution in [0.5, 0.6) is 0 Å². The van der Waals surface area contributed by atoms with Crippen molar-refractivity contribution in [3.8, 4) is 0 Å². The third-order valence-corrected chi connectivity index (χ3v) is 3.54. The molecule has 1 aromatic heterocycles. The Balaban J connectivity index is 1.91. The lowest BCUT2D eigenvalue weighted by Gasteiger charge is -2.29. The molecule has 0 bridgehead atoms. The second-order valence-electron chi connectivity index (χ2n) is 5.42. The molecule has 0 spiro atoms. The van der Waals surface area contributed by atoms with E-state index in [1.165, 1.54) is 32.1 Å². The molecule has 0 amide bonds. The summed E-state index contributed by atoms with van der Waals surface area (Å²) in [6.45, 7) is 4.85. The van der Waals surface area contributed by atoms with Crippen LogP contribution >= 0.6 is 0 Å². The molecule has 0 unspecified atom stereocenters. The van der Waals surface area contributed by atoms with Gasteiger partial charge >= 0.3 is 6.01 Å². The first kappa shape index (κ1) is 13.3. The smallest absolute Gasteiger partial charge is 0.318 e. The van der Waals surface area contributed by atoms with Gasteiger partial charge in [0.2, 0.25) is 5.89 Å². The summed E-state index contributed by atoms with van der Waals surface area (Å²) in [5.41, 5.74) is 0. The zero-order valence-electron chi connectivity index (χ0n) is 11.6. The van der Waals surface area contributed by atoms with Crippen molar-refractivity contribution in [1.82, 2.24) is 15.5 Å². The van der Waals surface area contributed by atoms with Gasteiger partial charge in [0.15, 0.2) is 0 Å². The summed E-state index contributed by atoms with van der Waals surface area (Å²) < 4.78 is 5.69. The van der Waals surface area contributed by atoms with E-state index in [1.807, 2.05) is 0 Å². The number of hydrogen-bond acceptors (Lipinski definition) is 5. The van der Waals surface area contributed by atoms with E-state index in [0.29, 0.717) is 30.5 Å². The summed E-state index contributed by atoms with van der Waals surface area (Å²) >= 11 is 0. The Kier molecular flexibility index (Phi) is 4.58. The minimum absolute atomic E-state index is 0.427. The van der Waals surface area contributed by atoms with Crippen LogP contribution in [-0.4, -0.2) is 29.3 Å². The Hall–Kier alpha value is -1.10. The lowest BCUT2D eigenvalue weighted by atomic mass is 9.95. The fraction of sp³-hybridized carbons (Fsp3) is 0.846. The van der Waals surface area contributed by atoms with Crippen LogP contribution in [0.25, 0.3) is 0 Å². The first-order valence-electron chi connectivity index (χ1n) is 6.95. The van der Waals surface area contributed by atoms with E-state index in [4.69, 9.17) is 4.42 Å². The molecule has 1 fully saturated rings. The lowest BCUT2D eigenvalue weighted by Crippen LogP contribution is -2.33. The van der Waals surface area contributed by atoms with Crippen molar-refractivity contribution < 1.29 is 4.42 Å². The topological polar surface area (TPSA) is 54.2 Å². The van der Waals surface area contributed by atoms with Gasteiger partial charge in [-0.1, -0.05) is 38.2 Å². The third-order valence-electron chi connectivity index (χ3n) is 3.54. The maximum absolute atomic E-state index is 5.69. The molecule has 0 radical (unpaired) electrons. The number of nitrogens with one attached hydrogen (secondary N) is 1. The zero-order chi connectivity index (χ0) is 13.0. The highest BCUT2D eigenvalue weighted by Gasteiger charge is 2.22. The van der Waals surface area contributed by atoms with Crippen molar-refractivity contribution in [2.75, 3.05) is 11.9 Å². The summed E-state index contributed by atoms with van der Waals surface area (Å²) in [6.07, 6.45) is 6.45. The largest absolute Gasteiger partial charge is 0.407 e. The van der Waals surface area contributed by atoms with E-state index < -0.39 is 0 Å². The fourth-order valence-electron chi connectivity index (χ4n) is 2.37. The molecule has 1 aliphatic rings. The van der Waals surface area contributed by atoms with Gasteiger partial charge in [-0.05, 0) is 12.8 Å². The normalized spacial score (nSPS) is 17.3. The highest BCUT2D eigenvalue weighted by Crippen LogP contribution is 2.25. The van der Waals surface area contributed by atoms with Crippen molar-refractivity contribution in [2.45, 2.75) is 64.6 Å². The van der Waals surface area contributed by atoms with Gasteiger partial charge in [-0.2, -0.15) is 0 Å². The molecule has 1 aliphatic carbocycles. The SMILES string of the molecule is CC(C)NCc1nnc(N(C)C2CCCCC2)o1. The predicted molar refractivity (Wildman–Crippen MR) is 71.5 cm³/mol. The fourth-order valence-corrected chi connectivity index (χ4v) is 2.37. The molecular formula is C13H24N4O. The summed E-state index contributed by atoms with van der Waals surface area (Å²) in [5.74, 6) is 0.668. The van der Waals surface area contributed by atoms with Crippen molar-refractivity contribution in [3.05, 3.63) is 5.89 Å². The Morgan fingerprint density at radius 2 is 2.00 bits per heavy atom. The predicted octanol–water partition coefficient (Wildman–Crippen LogP) is 2.34. The molecule has 5 nitrogen and oxygen atoms in total. The number of nitrogens with zero attached hydrogens (tertiary/aromatic N) is 3. The quantitative estimate of drug-likeness (QED) is 0.871. The van der Waals surface area contributed by atoms with Crippen molar-refractivity contribution in [2.24, 2.45) is 0 Å². The second-order valence-corrected chi connectivity index (χ2v) is 5.42. The van der Waals surface area contributed by atoms with Crippen molar-refractivity contribution >= 4 is 6.01 Å². The molecule has 1 N–H and O–H groups in total. The van der Waals surface area contributed by atoms with Crippen LogP contribution in [0.3, 0.4) is 0 Å². The molecule has 5 heteroatoms. The highest BCUT2D eigenvalue weighted by atomic mass is 16.4. The molecule has 18 heavy (non-hydrogen) atoms. The molecule has 2 rings (SSSR count). The van der Waals surface area contributed by atoms with Crippen LogP contribution in [0.15, 0.2) is 4.42 Å². The number of aromatic nitrogens is 2.